The van der Waals surface area contributed by atoms with Crippen molar-refractivity contribution in [3.63, 3.8) is 0 Å². The molecule has 1 saturated carbocycles. The van der Waals surface area contributed by atoms with Crippen molar-refractivity contribution in [3.8, 4) is 5.75 Å². The second kappa shape index (κ2) is 6.37. The van der Waals surface area contributed by atoms with E-state index < -0.39 is 10.0 Å². The topological polar surface area (TPSA) is 84.5 Å². The maximum Gasteiger partial charge on any atom is 0.262 e. The molecule has 1 fully saturated rings. The van der Waals surface area contributed by atoms with Crippen molar-refractivity contribution in [1.82, 2.24) is 4.72 Å². The van der Waals surface area contributed by atoms with Crippen LogP contribution in [-0.4, -0.2) is 27.0 Å². The lowest BCUT2D eigenvalue weighted by molar-refractivity contribution is -0.118. The first-order chi connectivity index (χ1) is 11.3. The lowest BCUT2D eigenvalue weighted by Crippen LogP contribution is -2.43. The lowest BCUT2D eigenvalue weighted by atomic mass is 9.78. The monoisotopic (exact) mass is 352 g/mol. The SMILES string of the molecule is Cc1cc2c(cc1S(=O)(=O)NC1CCCC(C)C1C)OCC(=O)N2. The van der Waals surface area contributed by atoms with Crippen molar-refractivity contribution < 1.29 is 17.9 Å². The van der Waals surface area contributed by atoms with Gasteiger partial charge in [-0.15, -0.1) is 0 Å². The number of hydrogen-bond donors (Lipinski definition) is 2. The molecule has 3 rings (SSSR count). The Bertz CT molecular complexity index is 760. The molecule has 0 aromatic heterocycles. The Morgan fingerprint density at radius 3 is 2.75 bits per heavy atom. The quantitative estimate of drug-likeness (QED) is 0.875. The summed E-state index contributed by atoms with van der Waals surface area (Å²) in [4.78, 5) is 11.6. The smallest absolute Gasteiger partial charge is 0.262 e. The van der Waals surface area contributed by atoms with Gasteiger partial charge in [0.15, 0.2) is 6.61 Å². The van der Waals surface area contributed by atoms with E-state index in [1.54, 1.807) is 13.0 Å². The minimum Gasteiger partial charge on any atom is -0.482 e. The first-order valence-corrected chi connectivity index (χ1v) is 9.86. The number of sulfonamides is 1. The molecule has 0 radical (unpaired) electrons. The summed E-state index contributed by atoms with van der Waals surface area (Å²) < 4.78 is 34.0. The van der Waals surface area contributed by atoms with Crippen molar-refractivity contribution >= 4 is 21.6 Å². The van der Waals surface area contributed by atoms with Gasteiger partial charge >= 0.3 is 0 Å². The van der Waals surface area contributed by atoms with Crippen LogP contribution in [0.2, 0.25) is 0 Å². The van der Waals surface area contributed by atoms with E-state index in [1.165, 1.54) is 6.07 Å². The lowest BCUT2D eigenvalue weighted by Gasteiger charge is -2.34. The van der Waals surface area contributed by atoms with Gasteiger partial charge in [0.25, 0.3) is 5.91 Å². The van der Waals surface area contributed by atoms with Crippen LogP contribution in [0.5, 0.6) is 5.75 Å². The Morgan fingerprint density at radius 1 is 1.25 bits per heavy atom. The second-order valence-electron chi connectivity index (χ2n) is 6.95. The third-order valence-corrected chi connectivity index (χ3v) is 6.84. The number of fused-ring (bicyclic) bond motifs is 1. The summed E-state index contributed by atoms with van der Waals surface area (Å²) in [5, 5.41) is 2.69. The maximum absolute atomic E-state index is 12.9. The van der Waals surface area contributed by atoms with Gasteiger partial charge in [0.05, 0.1) is 10.6 Å². The molecule has 0 spiro atoms. The van der Waals surface area contributed by atoms with Crippen LogP contribution < -0.4 is 14.8 Å². The number of carbonyl (C=O) groups excluding carboxylic acids is 1. The first kappa shape index (κ1) is 17.2. The van der Waals surface area contributed by atoms with E-state index in [2.05, 4.69) is 23.9 Å². The predicted octanol–water partition coefficient (Wildman–Crippen LogP) is 2.43. The Labute approximate surface area is 143 Å². The zero-order valence-corrected chi connectivity index (χ0v) is 15.1. The van der Waals surface area contributed by atoms with Gasteiger partial charge in [0, 0.05) is 12.1 Å². The van der Waals surface area contributed by atoms with Crippen molar-refractivity contribution in [3.05, 3.63) is 17.7 Å². The average molecular weight is 352 g/mol. The van der Waals surface area contributed by atoms with Gasteiger partial charge in [-0.25, -0.2) is 13.1 Å². The Morgan fingerprint density at radius 2 is 2.00 bits per heavy atom. The number of benzene rings is 1. The molecule has 2 N–H and O–H groups in total. The summed E-state index contributed by atoms with van der Waals surface area (Å²) in [6.45, 7) is 5.91. The molecule has 7 heteroatoms. The number of anilines is 1. The average Bonchev–Trinajstić information content (AvgIpc) is 2.50. The van der Waals surface area contributed by atoms with Gasteiger partial charge in [0.1, 0.15) is 5.75 Å². The van der Waals surface area contributed by atoms with Gasteiger partial charge in [-0.05, 0) is 36.8 Å². The van der Waals surface area contributed by atoms with Crippen LogP contribution in [-0.2, 0) is 14.8 Å². The molecule has 3 unspecified atom stereocenters. The van der Waals surface area contributed by atoms with E-state index in [1.807, 2.05) is 0 Å². The molecule has 0 bridgehead atoms. The molecule has 1 heterocycles. The van der Waals surface area contributed by atoms with Crippen LogP contribution in [0.25, 0.3) is 0 Å². The van der Waals surface area contributed by atoms with Crippen LogP contribution in [0.15, 0.2) is 17.0 Å². The van der Waals surface area contributed by atoms with Crippen molar-refractivity contribution in [2.24, 2.45) is 11.8 Å². The molecule has 1 aliphatic carbocycles. The van der Waals surface area contributed by atoms with Crippen LogP contribution in [0.4, 0.5) is 5.69 Å². The van der Waals surface area contributed by atoms with Gasteiger partial charge in [-0.2, -0.15) is 0 Å². The Balaban J connectivity index is 1.88. The third kappa shape index (κ3) is 3.28. The second-order valence-corrected chi connectivity index (χ2v) is 8.63. The number of aryl methyl sites for hydroxylation is 1. The number of carbonyl (C=O) groups is 1. The van der Waals surface area contributed by atoms with Crippen molar-refractivity contribution in [2.75, 3.05) is 11.9 Å². The highest BCUT2D eigenvalue weighted by molar-refractivity contribution is 7.89. The Kier molecular flexibility index (Phi) is 4.57. The van der Waals surface area contributed by atoms with Gasteiger partial charge < -0.3 is 10.1 Å². The van der Waals surface area contributed by atoms with Gasteiger partial charge in [0.2, 0.25) is 10.0 Å². The summed E-state index contributed by atoms with van der Waals surface area (Å²) in [5.74, 6) is 0.975. The van der Waals surface area contributed by atoms with E-state index in [-0.39, 0.29) is 23.5 Å². The summed E-state index contributed by atoms with van der Waals surface area (Å²) in [7, 11) is -3.64. The highest BCUT2D eigenvalue weighted by Gasteiger charge is 2.32. The molecule has 24 heavy (non-hydrogen) atoms. The molecule has 132 valence electrons. The number of ether oxygens (including phenoxy) is 1. The number of nitrogens with one attached hydrogen (secondary N) is 2. The van der Waals surface area contributed by atoms with E-state index >= 15 is 0 Å². The van der Waals surface area contributed by atoms with Crippen LogP contribution in [0.3, 0.4) is 0 Å². The van der Waals surface area contributed by atoms with Gasteiger partial charge in [-0.1, -0.05) is 26.7 Å². The van der Waals surface area contributed by atoms with E-state index in [4.69, 9.17) is 4.74 Å². The maximum atomic E-state index is 12.9. The molecule has 1 aromatic carbocycles. The highest BCUT2D eigenvalue weighted by atomic mass is 32.2. The number of rotatable bonds is 3. The summed E-state index contributed by atoms with van der Waals surface area (Å²) in [6.07, 6.45) is 3.04. The molecule has 6 nitrogen and oxygen atoms in total. The fourth-order valence-corrected chi connectivity index (χ4v) is 5.12. The summed E-state index contributed by atoms with van der Waals surface area (Å²) >= 11 is 0. The zero-order valence-electron chi connectivity index (χ0n) is 14.3. The van der Waals surface area contributed by atoms with Crippen LogP contribution in [0, 0.1) is 18.8 Å². The minimum absolute atomic E-state index is 0.0465. The predicted molar refractivity (Wildman–Crippen MR) is 91.6 cm³/mol. The first-order valence-electron chi connectivity index (χ1n) is 8.37. The summed E-state index contributed by atoms with van der Waals surface area (Å²) in [5.41, 5.74) is 1.10. The van der Waals surface area contributed by atoms with E-state index in [0.29, 0.717) is 28.8 Å². The molecule has 1 amide bonds. The molecule has 1 aliphatic heterocycles. The summed E-state index contributed by atoms with van der Waals surface area (Å²) in [6, 6.07) is 3.10. The standard InChI is InChI=1S/C17H24N2O4S/c1-10-5-4-6-13(12(10)3)19-24(21,22)16-8-15-14(7-11(16)2)18-17(20)9-23-15/h7-8,10,12-13,19H,4-6,9H2,1-3H3,(H,18,20). The van der Waals surface area contributed by atoms with E-state index in [0.717, 1.165) is 19.3 Å². The van der Waals surface area contributed by atoms with Crippen LogP contribution >= 0.6 is 0 Å². The minimum atomic E-state index is -3.64. The molecule has 1 aromatic rings. The fraction of sp³-hybridized carbons (Fsp3) is 0.588. The highest BCUT2D eigenvalue weighted by Crippen LogP contribution is 2.34. The molecule has 0 saturated heterocycles. The molecule has 3 atom stereocenters. The van der Waals surface area contributed by atoms with E-state index in [9.17, 15) is 13.2 Å². The van der Waals surface area contributed by atoms with Crippen molar-refractivity contribution in [1.29, 1.82) is 0 Å². The molecule has 2 aliphatic rings. The number of amides is 1. The normalized spacial score (nSPS) is 27.1. The van der Waals surface area contributed by atoms with Gasteiger partial charge in [-0.3, -0.25) is 4.79 Å². The molecular weight excluding hydrogens is 328 g/mol. The fourth-order valence-electron chi connectivity index (χ4n) is 3.52. The Hall–Kier alpha value is -1.60. The van der Waals surface area contributed by atoms with Crippen LogP contribution in [0.1, 0.15) is 38.7 Å². The number of hydrogen-bond acceptors (Lipinski definition) is 4. The molecular formula is C17H24N2O4S. The van der Waals surface area contributed by atoms with Crippen molar-refractivity contribution in [2.45, 2.75) is 51.0 Å². The zero-order chi connectivity index (χ0) is 17.5. The largest absolute Gasteiger partial charge is 0.482 e. The third-order valence-electron chi connectivity index (χ3n) is 5.21.